The molecular formula is C27H35FN2O. The second kappa shape index (κ2) is 10.9. The Morgan fingerprint density at radius 3 is 2.84 bits per heavy atom. The molecule has 3 unspecified atom stereocenters. The van der Waals surface area contributed by atoms with Crippen molar-refractivity contribution < 1.29 is 9.18 Å². The van der Waals surface area contributed by atoms with Crippen molar-refractivity contribution in [3.8, 4) is 0 Å². The van der Waals surface area contributed by atoms with Crippen LogP contribution in [0.4, 0.5) is 4.39 Å². The Bertz CT molecular complexity index is 840. The molecular weight excluding hydrogens is 387 g/mol. The van der Waals surface area contributed by atoms with Crippen LogP contribution >= 0.6 is 0 Å². The molecule has 166 valence electrons. The Balaban J connectivity index is 1.14. The monoisotopic (exact) mass is 422 g/mol. The standard InChI is InChI=1S/C27H35FN2O/c28-23-10-5-9-21(17-23)24-11-1-2-12-25(24)26-18-22(26)13-14-27(31)30-16-4-3-7-20-8-6-15-29-19-20/h5-6,8-10,15,17,19,22,24-26H,1-4,7,11-14,16,18H2,(H,30,31)/t22-,24?,25?,26?/m0/s1. The van der Waals surface area contributed by atoms with Gasteiger partial charge in [0.15, 0.2) is 0 Å². The lowest BCUT2D eigenvalue weighted by atomic mass is 9.72. The average Bonchev–Trinajstić information content (AvgIpc) is 3.58. The Morgan fingerprint density at radius 2 is 2.00 bits per heavy atom. The molecule has 2 aliphatic carbocycles. The van der Waals surface area contributed by atoms with E-state index >= 15 is 0 Å². The van der Waals surface area contributed by atoms with E-state index in [1.54, 1.807) is 18.3 Å². The van der Waals surface area contributed by atoms with E-state index in [0.717, 1.165) is 38.1 Å². The van der Waals surface area contributed by atoms with Gasteiger partial charge in [-0.3, -0.25) is 9.78 Å². The maximum atomic E-state index is 13.7. The fourth-order valence-corrected chi connectivity index (χ4v) is 5.58. The number of carbonyl (C=O) groups excluding carboxylic acids is 1. The average molecular weight is 423 g/mol. The third-order valence-corrected chi connectivity index (χ3v) is 7.30. The summed E-state index contributed by atoms with van der Waals surface area (Å²) in [6, 6.07) is 11.3. The zero-order valence-corrected chi connectivity index (χ0v) is 18.4. The van der Waals surface area contributed by atoms with Gasteiger partial charge in [-0.25, -0.2) is 4.39 Å². The number of unbranched alkanes of at least 4 members (excludes halogenated alkanes) is 1. The van der Waals surface area contributed by atoms with Gasteiger partial charge in [0, 0.05) is 25.4 Å². The molecule has 2 aromatic rings. The fourth-order valence-electron chi connectivity index (χ4n) is 5.58. The van der Waals surface area contributed by atoms with Crippen LogP contribution in [0.25, 0.3) is 0 Å². The first kappa shape index (κ1) is 22.0. The van der Waals surface area contributed by atoms with Crippen LogP contribution in [-0.4, -0.2) is 17.4 Å². The van der Waals surface area contributed by atoms with Gasteiger partial charge in [0.2, 0.25) is 5.91 Å². The number of carbonyl (C=O) groups is 1. The molecule has 31 heavy (non-hydrogen) atoms. The van der Waals surface area contributed by atoms with Crippen molar-refractivity contribution in [1.29, 1.82) is 0 Å². The van der Waals surface area contributed by atoms with E-state index in [1.807, 2.05) is 18.3 Å². The minimum atomic E-state index is -0.119. The van der Waals surface area contributed by atoms with Gasteiger partial charge in [-0.15, -0.1) is 0 Å². The minimum Gasteiger partial charge on any atom is -0.356 e. The molecule has 2 fully saturated rings. The molecule has 1 amide bonds. The summed E-state index contributed by atoms with van der Waals surface area (Å²) in [6.45, 7) is 0.761. The van der Waals surface area contributed by atoms with Gasteiger partial charge in [0.25, 0.3) is 0 Å². The summed E-state index contributed by atoms with van der Waals surface area (Å²) in [6.07, 6.45) is 14.7. The van der Waals surface area contributed by atoms with Gasteiger partial charge in [0.05, 0.1) is 0 Å². The third kappa shape index (κ3) is 6.38. The molecule has 2 saturated carbocycles. The van der Waals surface area contributed by atoms with E-state index in [2.05, 4.69) is 22.4 Å². The molecule has 4 rings (SSSR count). The Kier molecular flexibility index (Phi) is 7.71. The smallest absolute Gasteiger partial charge is 0.220 e. The van der Waals surface area contributed by atoms with Crippen LogP contribution in [0.3, 0.4) is 0 Å². The van der Waals surface area contributed by atoms with Gasteiger partial charge >= 0.3 is 0 Å². The lowest BCUT2D eigenvalue weighted by molar-refractivity contribution is -0.121. The molecule has 3 nitrogen and oxygen atoms in total. The zero-order valence-electron chi connectivity index (χ0n) is 18.4. The van der Waals surface area contributed by atoms with Gasteiger partial charge in [-0.1, -0.05) is 31.0 Å². The van der Waals surface area contributed by atoms with Crippen molar-refractivity contribution in [2.75, 3.05) is 6.54 Å². The lowest BCUT2D eigenvalue weighted by Crippen LogP contribution is -2.24. The van der Waals surface area contributed by atoms with Crippen molar-refractivity contribution >= 4 is 5.91 Å². The number of aryl methyl sites for hydroxylation is 1. The van der Waals surface area contributed by atoms with Crippen LogP contribution in [0, 0.1) is 23.6 Å². The molecule has 0 aliphatic heterocycles. The van der Waals surface area contributed by atoms with Crippen LogP contribution in [0.2, 0.25) is 0 Å². The van der Waals surface area contributed by atoms with E-state index in [9.17, 15) is 9.18 Å². The second-order valence-corrected chi connectivity index (χ2v) is 9.48. The fraction of sp³-hybridized carbons (Fsp3) is 0.556. The van der Waals surface area contributed by atoms with Crippen molar-refractivity contribution in [3.05, 3.63) is 65.7 Å². The number of nitrogens with one attached hydrogen (secondary N) is 1. The van der Waals surface area contributed by atoms with E-state index in [-0.39, 0.29) is 11.7 Å². The number of benzene rings is 1. The summed E-state index contributed by atoms with van der Waals surface area (Å²) in [4.78, 5) is 16.4. The number of aromatic nitrogens is 1. The summed E-state index contributed by atoms with van der Waals surface area (Å²) >= 11 is 0. The van der Waals surface area contributed by atoms with Gasteiger partial charge in [-0.2, -0.15) is 0 Å². The summed E-state index contributed by atoms with van der Waals surface area (Å²) in [5.74, 6) is 2.63. The highest BCUT2D eigenvalue weighted by Crippen LogP contribution is 2.55. The molecule has 0 radical (unpaired) electrons. The number of rotatable bonds is 10. The lowest BCUT2D eigenvalue weighted by Gasteiger charge is -2.32. The second-order valence-electron chi connectivity index (χ2n) is 9.48. The molecule has 1 N–H and O–H groups in total. The maximum Gasteiger partial charge on any atom is 0.220 e. The molecule has 4 atom stereocenters. The van der Waals surface area contributed by atoms with Crippen molar-refractivity contribution in [3.63, 3.8) is 0 Å². The Morgan fingerprint density at radius 1 is 1.10 bits per heavy atom. The van der Waals surface area contributed by atoms with Crippen LogP contribution < -0.4 is 5.32 Å². The first-order valence-corrected chi connectivity index (χ1v) is 12.1. The van der Waals surface area contributed by atoms with Gasteiger partial charge in [0.1, 0.15) is 5.82 Å². The summed E-state index contributed by atoms with van der Waals surface area (Å²) in [7, 11) is 0. The molecule has 1 aromatic carbocycles. The Labute approximate surface area is 185 Å². The summed E-state index contributed by atoms with van der Waals surface area (Å²) in [5.41, 5.74) is 2.44. The number of hydrogen-bond acceptors (Lipinski definition) is 2. The molecule has 4 heteroatoms. The largest absolute Gasteiger partial charge is 0.356 e. The quantitative estimate of drug-likeness (QED) is 0.474. The normalized spacial score (nSPS) is 25.2. The Hall–Kier alpha value is -2.23. The first-order valence-electron chi connectivity index (χ1n) is 12.1. The highest BCUT2D eigenvalue weighted by molar-refractivity contribution is 5.75. The van der Waals surface area contributed by atoms with Gasteiger partial charge < -0.3 is 5.32 Å². The van der Waals surface area contributed by atoms with Gasteiger partial charge in [-0.05, 0) is 97.9 Å². The van der Waals surface area contributed by atoms with E-state index in [1.165, 1.54) is 43.2 Å². The third-order valence-electron chi connectivity index (χ3n) is 7.30. The molecule has 1 heterocycles. The van der Waals surface area contributed by atoms with E-state index < -0.39 is 0 Å². The molecule has 1 aromatic heterocycles. The number of amides is 1. The van der Waals surface area contributed by atoms with Crippen LogP contribution in [0.15, 0.2) is 48.8 Å². The highest BCUT2D eigenvalue weighted by Gasteiger charge is 2.46. The number of nitrogens with zero attached hydrogens (tertiary/aromatic N) is 1. The zero-order chi connectivity index (χ0) is 21.5. The molecule has 2 aliphatic rings. The summed E-state index contributed by atoms with van der Waals surface area (Å²) in [5, 5.41) is 3.09. The predicted octanol–water partition coefficient (Wildman–Crippen LogP) is 6.05. The predicted molar refractivity (Wildman–Crippen MR) is 122 cm³/mol. The molecule has 0 spiro atoms. The molecule has 0 saturated heterocycles. The SMILES string of the molecule is O=C(CC[C@H]1CC1C1CCCCC1c1cccc(F)c1)NCCCCc1cccnc1. The van der Waals surface area contributed by atoms with E-state index in [4.69, 9.17) is 0 Å². The molecule has 0 bridgehead atoms. The topological polar surface area (TPSA) is 42.0 Å². The summed E-state index contributed by atoms with van der Waals surface area (Å²) < 4.78 is 13.7. The highest BCUT2D eigenvalue weighted by atomic mass is 19.1. The van der Waals surface area contributed by atoms with E-state index in [0.29, 0.717) is 24.2 Å². The van der Waals surface area contributed by atoms with Crippen LogP contribution in [0.1, 0.15) is 74.8 Å². The van der Waals surface area contributed by atoms with Crippen LogP contribution in [0.5, 0.6) is 0 Å². The van der Waals surface area contributed by atoms with Crippen LogP contribution in [-0.2, 0) is 11.2 Å². The number of hydrogen-bond donors (Lipinski definition) is 1. The maximum absolute atomic E-state index is 13.7. The first-order chi connectivity index (χ1) is 15.2. The van der Waals surface area contributed by atoms with Crippen molar-refractivity contribution in [1.82, 2.24) is 10.3 Å². The van der Waals surface area contributed by atoms with Crippen molar-refractivity contribution in [2.45, 2.75) is 70.1 Å². The van der Waals surface area contributed by atoms with Crippen molar-refractivity contribution in [2.24, 2.45) is 17.8 Å². The number of halogens is 1. The number of pyridine rings is 1. The minimum absolute atomic E-state index is 0.119.